The van der Waals surface area contributed by atoms with Crippen LogP contribution in [0, 0.1) is 17.2 Å². The molecule has 1 fully saturated rings. The number of hydrogen-bond acceptors (Lipinski definition) is 3. The van der Waals surface area contributed by atoms with Crippen molar-refractivity contribution in [1.29, 1.82) is 5.26 Å². The fraction of sp³-hybridized carbons (Fsp3) is 0.533. The van der Waals surface area contributed by atoms with E-state index in [0.717, 1.165) is 37.0 Å². The maximum atomic E-state index is 9.52. The summed E-state index contributed by atoms with van der Waals surface area (Å²) in [6.45, 7) is 0. The molecular formula is C15H19NO2. The lowest BCUT2D eigenvalue weighted by Gasteiger charge is -2.28. The van der Waals surface area contributed by atoms with Crippen molar-refractivity contribution in [3.05, 3.63) is 29.8 Å². The SMILES string of the molecule is COc1ccc(C(C#N)C2CCC(O)CC2)cc1. The first-order chi connectivity index (χ1) is 8.74. The van der Waals surface area contributed by atoms with Gasteiger partial charge in [0.2, 0.25) is 0 Å². The summed E-state index contributed by atoms with van der Waals surface area (Å²) >= 11 is 0. The summed E-state index contributed by atoms with van der Waals surface area (Å²) < 4.78 is 5.13. The minimum Gasteiger partial charge on any atom is -0.497 e. The first-order valence-electron chi connectivity index (χ1n) is 6.46. The van der Waals surface area contributed by atoms with E-state index in [1.165, 1.54) is 0 Å². The van der Waals surface area contributed by atoms with E-state index >= 15 is 0 Å². The summed E-state index contributed by atoms with van der Waals surface area (Å²) in [5.41, 5.74) is 1.06. The highest BCUT2D eigenvalue weighted by Gasteiger charge is 2.27. The number of aliphatic hydroxyl groups is 1. The Labute approximate surface area is 108 Å². The van der Waals surface area contributed by atoms with E-state index in [1.807, 2.05) is 24.3 Å². The molecule has 1 atom stereocenters. The van der Waals surface area contributed by atoms with Crippen LogP contribution < -0.4 is 4.74 Å². The Kier molecular flexibility index (Phi) is 4.22. The van der Waals surface area contributed by atoms with Crippen LogP contribution in [0.25, 0.3) is 0 Å². The smallest absolute Gasteiger partial charge is 0.118 e. The number of hydrogen-bond donors (Lipinski definition) is 1. The van der Waals surface area contributed by atoms with Gasteiger partial charge in [0.25, 0.3) is 0 Å². The Hall–Kier alpha value is -1.53. The fourth-order valence-corrected chi connectivity index (χ4v) is 2.70. The molecule has 18 heavy (non-hydrogen) atoms. The van der Waals surface area contributed by atoms with Crippen LogP contribution in [0.3, 0.4) is 0 Å². The topological polar surface area (TPSA) is 53.2 Å². The van der Waals surface area contributed by atoms with Gasteiger partial charge in [0.05, 0.1) is 25.2 Å². The average Bonchev–Trinajstić information content (AvgIpc) is 2.42. The van der Waals surface area contributed by atoms with Gasteiger partial charge in [-0.3, -0.25) is 0 Å². The zero-order valence-electron chi connectivity index (χ0n) is 10.7. The minimum absolute atomic E-state index is 0.0663. The quantitative estimate of drug-likeness (QED) is 0.890. The standard InChI is InChI=1S/C15H19NO2/c1-18-14-8-4-12(5-9-14)15(10-16)11-2-6-13(17)7-3-11/h4-5,8-9,11,13,15,17H,2-3,6-7H2,1H3. The second kappa shape index (κ2) is 5.88. The Bertz CT molecular complexity index is 413. The van der Waals surface area contributed by atoms with Crippen molar-refractivity contribution in [3.8, 4) is 11.8 Å². The molecule has 3 heteroatoms. The molecule has 1 aliphatic carbocycles. The van der Waals surface area contributed by atoms with Gasteiger partial charge in [-0.15, -0.1) is 0 Å². The number of methoxy groups -OCH3 is 1. The van der Waals surface area contributed by atoms with Gasteiger partial charge in [-0.05, 0) is 49.3 Å². The first-order valence-corrected chi connectivity index (χ1v) is 6.46. The molecule has 96 valence electrons. The van der Waals surface area contributed by atoms with E-state index in [2.05, 4.69) is 6.07 Å². The largest absolute Gasteiger partial charge is 0.497 e. The van der Waals surface area contributed by atoms with Crippen molar-refractivity contribution in [2.24, 2.45) is 5.92 Å². The molecule has 1 aromatic rings. The number of ether oxygens (including phenoxy) is 1. The third kappa shape index (κ3) is 2.83. The van der Waals surface area contributed by atoms with Crippen LogP contribution in [0.2, 0.25) is 0 Å². The van der Waals surface area contributed by atoms with E-state index < -0.39 is 0 Å². The molecule has 0 radical (unpaired) electrons. The predicted molar refractivity (Wildman–Crippen MR) is 69.3 cm³/mol. The molecular weight excluding hydrogens is 226 g/mol. The molecule has 1 aromatic carbocycles. The highest BCUT2D eigenvalue weighted by Crippen LogP contribution is 2.36. The molecule has 1 N–H and O–H groups in total. The van der Waals surface area contributed by atoms with Crippen molar-refractivity contribution in [2.75, 3.05) is 7.11 Å². The van der Waals surface area contributed by atoms with Crippen molar-refractivity contribution in [1.82, 2.24) is 0 Å². The number of nitrogens with zero attached hydrogens (tertiary/aromatic N) is 1. The summed E-state index contributed by atoms with van der Waals surface area (Å²) in [6.07, 6.45) is 3.34. The fourth-order valence-electron chi connectivity index (χ4n) is 2.70. The van der Waals surface area contributed by atoms with E-state index in [-0.39, 0.29) is 12.0 Å². The first kappa shape index (κ1) is 12.9. The van der Waals surface area contributed by atoms with Crippen LogP contribution in [-0.4, -0.2) is 18.3 Å². The Morgan fingerprint density at radius 3 is 2.33 bits per heavy atom. The van der Waals surface area contributed by atoms with Crippen LogP contribution in [0.15, 0.2) is 24.3 Å². The predicted octanol–water partition coefficient (Wildman–Crippen LogP) is 2.85. The molecule has 0 aromatic heterocycles. The molecule has 0 aliphatic heterocycles. The molecule has 0 spiro atoms. The normalized spacial score (nSPS) is 25.2. The van der Waals surface area contributed by atoms with Crippen molar-refractivity contribution >= 4 is 0 Å². The second-order valence-corrected chi connectivity index (χ2v) is 4.95. The van der Waals surface area contributed by atoms with E-state index in [9.17, 15) is 10.4 Å². The van der Waals surface area contributed by atoms with Gasteiger partial charge >= 0.3 is 0 Å². The van der Waals surface area contributed by atoms with Crippen LogP contribution in [0.1, 0.15) is 37.2 Å². The van der Waals surface area contributed by atoms with Crippen molar-refractivity contribution in [2.45, 2.75) is 37.7 Å². The Morgan fingerprint density at radius 1 is 1.22 bits per heavy atom. The molecule has 0 bridgehead atoms. The number of aliphatic hydroxyl groups excluding tert-OH is 1. The minimum atomic E-state index is -0.170. The molecule has 0 amide bonds. The monoisotopic (exact) mass is 245 g/mol. The van der Waals surface area contributed by atoms with Gasteiger partial charge in [0.15, 0.2) is 0 Å². The van der Waals surface area contributed by atoms with Gasteiger partial charge in [0.1, 0.15) is 5.75 Å². The Balaban J connectivity index is 2.10. The molecule has 1 aliphatic rings. The molecule has 1 saturated carbocycles. The zero-order chi connectivity index (χ0) is 13.0. The van der Waals surface area contributed by atoms with Gasteiger partial charge in [-0.25, -0.2) is 0 Å². The van der Waals surface area contributed by atoms with Gasteiger partial charge in [-0.2, -0.15) is 5.26 Å². The molecule has 1 unspecified atom stereocenters. The summed E-state index contributed by atoms with van der Waals surface area (Å²) in [5.74, 6) is 1.12. The highest BCUT2D eigenvalue weighted by molar-refractivity contribution is 5.32. The third-order valence-electron chi connectivity index (χ3n) is 3.83. The number of nitriles is 1. The van der Waals surface area contributed by atoms with Crippen molar-refractivity contribution in [3.63, 3.8) is 0 Å². The van der Waals surface area contributed by atoms with Gasteiger partial charge < -0.3 is 9.84 Å². The second-order valence-electron chi connectivity index (χ2n) is 4.95. The lowest BCUT2D eigenvalue weighted by molar-refractivity contribution is 0.106. The summed E-state index contributed by atoms with van der Waals surface area (Å²) in [7, 11) is 1.64. The lowest BCUT2D eigenvalue weighted by Crippen LogP contribution is -2.22. The van der Waals surface area contributed by atoms with Gasteiger partial charge in [-0.1, -0.05) is 12.1 Å². The van der Waals surface area contributed by atoms with E-state index in [4.69, 9.17) is 4.74 Å². The molecule has 0 saturated heterocycles. The van der Waals surface area contributed by atoms with E-state index in [1.54, 1.807) is 7.11 Å². The summed E-state index contributed by atoms with van der Waals surface area (Å²) in [6, 6.07) is 10.2. The molecule has 3 nitrogen and oxygen atoms in total. The lowest BCUT2D eigenvalue weighted by atomic mass is 9.77. The summed E-state index contributed by atoms with van der Waals surface area (Å²) in [5, 5.41) is 18.9. The average molecular weight is 245 g/mol. The Morgan fingerprint density at radius 2 is 1.83 bits per heavy atom. The zero-order valence-corrected chi connectivity index (χ0v) is 10.7. The third-order valence-corrected chi connectivity index (χ3v) is 3.83. The summed E-state index contributed by atoms with van der Waals surface area (Å²) in [4.78, 5) is 0. The number of rotatable bonds is 3. The highest BCUT2D eigenvalue weighted by atomic mass is 16.5. The van der Waals surface area contributed by atoms with Crippen LogP contribution in [0.5, 0.6) is 5.75 Å². The number of benzene rings is 1. The molecule has 0 heterocycles. The van der Waals surface area contributed by atoms with Crippen LogP contribution >= 0.6 is 0 Å². The van der Waals surface area contributed by atoms with Crippen LogP contribution in [0.4, 0.5) is 0 Å². The maximum absolute atomic E-state index is 9.52. The maximum Gasteiger partial charge on any atom is 0.118 e. The van der Waals surface area contributed by atoms with Gasteiger partial charge in [0, 0.05) is 0 Å². The van der Waals surface area contributed by atoms with E-state index in [0.29, 0.717) is 5.92 Å². The van der Waals surface area contributed by atoms with Crippen LogP contribution in [-0.2, 0) is 0 Å². The molecule has 2 rings (SSSR count). The van der Waals surface area contributed by atoms with Crippen molar-refractivity contribution < 1.29 is 9.84 Å².